The molecule has 5 rings (SSSR count). The Hall–Kier alpha value is -4.20. The van der Waals surface area contributed by atoms with Crippen LogP contribution in [0.1, 0.15) is 46.5 Å². The van der Waals surface area contributed by atoms with Gasteiger partial charge in [0.25, 0.3) is 5.91 Å². The van der Waals surface area contributed by atoms with Gasteiger partial charge in [-0.1, -0.05) is 24.8 Å². The number of methoxy groups -OCH3 is 1. The summed E-state index contributed by atoms with van der Waals surface area (Å²) < 4.78 is 7.72. The highest BCUT2D eigenvalue weighted by Gasteiger charge is 2.22. The van der Waals surface area contributed by atoms with Crippen LogP contribution in [0.4, 0.5) is 5.82 Å². The van der Waals surface area contributed by atoms with Gasteiger partial charge in [0.15, 0.2) is 5.82 Å². The number of rotatable bonds is 7. The molecular weight excluding hydrogens is 452 g/mol. The highest BCUT2D eigenvalue weighted by atomic mass is 16.5. The van der Waals surface area contributed by atoms with E-state index in [0.717, 1.165) is 61.0 Å². The fraction of sp³-hybridized carbons (Fsp3) is 0.286. The fourth-order valence-corrected chi connectivity index (χ4v) is 4.75. The lowest BCUT2D eigenvalue weighted by molar-refractivity contribution is 0.0964. The van der Waals surface area contributed by atoms with E-state index in [1.807, 2.05) is 49.4 Å². The second kappa shape index (κ2) is 10.2. The quantitative estimate of drug-likeness (QED) is 0.511. The van der Waals surface area contributed by atoms with Crippen molar-refractivity contribution in [1.82, 2.24) is 25.1 Å². The second-order valence-corrected chi connectivity index (χ2v) is 9.06. The van der Waals surface area contributed by atoms with Crippen molar-refractivity contribution in [2.75, 3.05) is 18.6 Å². The lowest BCUT2D eigenvalue weighted by Gasteiger charge is -2.30. The Balaban J connectivity index is 1.27. The molecule has 4 heterocycles. The fourth-order valence-electron chi connectivity index (χ4n) is 4.75. The number of anilines is 1. The number of ether oxygens (including phenoxy) is 1. The Kier molecular flexibility index (Phi) is 6.66. The van der Waals surface area contributed by atoms with Crippen LogP contribution in [0.3, 0.4) is 0 Å². The molecule has 2 aromatic heterocycles. The first-order valence-corrected chi connectivity index (χ1v) is 12.2. The first-order valence-electron chi connectivity index (χ1n) is 12.2. The van der Waals surface area contributed by atoms with Crippen molar-refractivity contribution in [3.05, 3.63) is 95.4 Å². The van der Waals surface area contributed by atoms with Gasteiger partial charge in [0.05, 0.1) is 12.7 Å². The zero-order valence-electron chi connectivity index (χ0n) is 20.7. The summed E-state index contributed by atoms with van der Waals surface area (Å²) in [5, 5.41) is 11.4. The molecule has 0 spiro atoms. The number of amides is 1. The van der Waals surface area contributed by atoms with Gasteiger partial charge in [-0.25, -0.2) is 4.98 Å². The monoisotopic (exact) mass is 482 g/mol. The number of nitrogens with zero attached hydrogens (tertiary/aromatic N) is 5. The summed E-state index contributed by atoms with van der Waals surface area (Å²) in [5.74, 6) is 3.17. The maximum absolute atomic E-state index is 13.1. The summed E-state index contributed by atoms with van der Waals surface area (Å²) in [6.45, 7) is 8.51. The lowest BCUT2D eigenvalue weighted by Crippen LogP contribution is -2.31. The van der Waals surface area contributed by atoms with Crippen molar-refractivity contribution in [3.63, 3.8) is 0 Å². The van der Waals surface area contributed by atoms with Crippen molar-refractivity contribution in [1.29, 1.82) is 0 Å². The van der Waals surface area contributed by atoms with Gasteiger partial charge in [-0.05, 0) is 66.8 Å². The molecule has 2 aliphatic rings. The molecule has 0 aliphatic carbocycles. The molecule has 0 radical (unpaired) electrons. The van der Waals surface area contributed by atoms with Crippen molar-refractivity contribution < 1.29 is 9.53 Å². The summed E-state index contributed by atoms with van der Waals surface area (Å²) >= 11 is 0. The average Bonchev–Trinajstić information content (AvgIpc) is 3.52. The number of fused-ring (bicyclic) bond motifs is 2. The summed E-state index contributed by atoms with van der Waals surface area (Å²) in [5.41, 5.74) is 4.28. The van der Waals surface area contributed by atoms with E-state index in [4.69, 9.17) is 4.74 Å². The van der Waals surface area contributed by atoms with Crippen LogP contribution in [-0.4, -0.2) is 39.3 Å². The summed E-state index contributed by atoms with van der Waals surface area (Å²) in [6, 6.07) is 9.80. The molecule has 0 saturated carbocycles. The molecule has 36 heavy (non-hydrogen) atoms. The number of allylic oxidation sites excluding steroid dienone is 4. The van der Waals surface area contributed by atoms with Gasteiger partial charge in [0.2, 0.25) is 0 Å². The van der Waals surface area contributed by atoms with Crippen LogP contribution >= 0.6 is 0 Å². The predicted molar refractivity (Wildman–Crippen MR) is 140 cm³/mol. The molecule has 1 N–H and O–H groups in total. The van der Waals surface area contributed by atoms with Crippen molar-refractivity contribution in [2.45, 2.75) is 39.3 Å². The van der Waals surface area contributed by atoms with Crippen LogP contribution < -0.4 is 15.0 Å². The molecule has 8 heteroatoms. The maximum atomic E-state index is 13.1. The van der Waals surface area contributed by atoms with Gasteiger partial charge in [0, 0.05) is 37.9 Å². The SMILES string of the molecule is C=C(/C=C\C=C(/C)c1nnc2n1CCC2)NC(=O)c1cc2c(cc1OC)CCN(c1ccccn1)C2. The zero-order valence-corrected chi connectivity index (χ0v) is 20.7. The number of pyridine rings is 1. The van der Waals surface area contributed by atoms with E-state index < -0.39 is 0 Å². The smallest absolute Gasteiger partial charge is 0.259 e. The first-order chi connectivity index (χ1) is 17.5. The van der Waals surface area contributed by atoms with E-state index in [9.17, 15) is 4.79 Å². The number of benzene rings is 1. The molecule has 2 aliphatic heterocycles. The Morgan fingerprint density at radius 1 is 1.17 bits per heavy atom. The Morgan fingerprint density at radius 3 is 2.86 bits per heavy atom. The molecule has 0 saturated heterocycles. The van der Waals surface area contributed by atoms with E-state index in [1.54, 1.807) is 19.4 Å². The van der Waals surface area contributed by atoms with Crippen LogP contribution in [0, 0.1) is 0 Å². The van der Waals surface area contributed by atoms with Crippen LogP contribution in [0.2, 0.25) is 0 Å². The summed E-state index contributed by atoms with van der Waals surface area (Å²) in [7, 11) is 1.59. The molecule has 0 unspecified atom stereocenters. The highest BCUT2D eigenvalue weighted by Crippen LogP contribution is 2.30. The Bertz CT molecular complexity index is 1360. The number of aromatic nitrogens is 4. The molecular formula is C28H30N6O2. The lowest BCUT2D eigenvalue weighted by atomic mass is 9.96. The average molecular weight is 483 g/mol. The third-order valence-electron chi connectivity index (χ3n) is 6.63. The summed E-state index contributed by atoms with van der Waals surface area (Å²) in [6.07, 6.45) is 10.3. The molecule has 1 amide bonds. The predicted octanol–water partition coefficient (Wildman–Crippen LogP) is 4.09. The Labute approximate surface area is 211 Å². The van der Waals surface area contributed by atoms with Crippen LogP contribution in [0.25, 0.3) is 5.57 Å². The first kappa shape index (κ1) is 23.5. The van der Waals surface area contributed by atoms with Gasteiger partial charge in [-0.3, -0.25) is 4.79 Å². The molecule has 8 nitrogen and oxygen atoms in total. The van der Waals surface area contributed by atoms with Gasteiger partial charge in [-0.2, -0.15) is 0 Å². The van der Waals surface area contributed by atoms with Gasteiger partial charge in [-0.15, -0.1) is 10.2 Å². The number of hydrogen-bond acceptors (Lipinski definition) is 6. The maximum Gasteiger partial charge on any atom is 0.259 e. The largest absolute Gasteiger partial charge is 0.496 e. The standard InChI is InChI=1S/C28H30N6O2/c1-19(27-32-31-26-11-7-14-34(26)27)8-6-9-20(2)30-28(35)23-16-22-18-33(25-10-4-5-13-29-25)15-12-21(22)17-24(23)36-3/h4-6,8-10,13,16-17H,2,7,11-12,14-15,18H2,1,3H3,(H,30,35)/b9-6-,19-8+. The molecule has 3 aromatic rings. The van der Waals surface area contributed by atoms with Gasteiger partial charge >= 0.3 is 0 Å². The second-order valence-electron chi connectivity index (χ2n) is 9.06. The number of carbonyl (C=O) groups excluding carboxylic acids is 1. The van der Waals surface area contributed by atoms with E-state index >= 15 is 0 Å². The number of carbonyl (C=O) groups is 1. The van der Waals surface area contributed by atoms with Crippen LogP contribution in [0.15, 0.2) is 67.0 Å². The van der Waals surface area contributed by atoms with E-state index in [-0.39, 0.29) is 5.91 Å². The topological polar surface area (TPSA) is 85.2 Å². The zero-order chi connectivity index (χ0) is 25.1. The molecule has 0 fully saturated rings. The molecule has 0 bridgehead atoms. The van der Waals surface area contributed by atoms with Gasteiger partial charge < -0.3 is 19.5 Å². The van der Waals surface area contributed by atoms with E-state index in [0.29, 0.717) is 23.6 Å². The number of hydrogen-bond donors (Lipinski definition) is 1. The number of nitrogens with one attached hydrogen (secondary N) is 1. The summed E-state index contributed by atoms with van der Waals surface area (Å²) in [4.78, 5) is 19.8. The van der Waals surface area contributed by atoms with Crippen molar-refractivity contribution >= 4 is 17.3 Å². The third kappa shape index (κ3) is 4.79. The minimum Gasteiger partial charge on any atom is -0.496 e. The van der Waals surface area contributed by atoms with Crippen LogP contribution in [0.5, 0.6) is 5.75 Å². The molecule has 184 valence electrons. The van der Waals surface area contributed by atoms with Crippen molar-refractivity contribution in [2.24, 2.45) is 0 Å². The highest BCUT2D eigenvalue weighted by molar-refractivity contribution is 5.98. The number of aryl methyl sites for hydroxylation is 1. The molecule has 0 atom stereocenters. The molecule has 1 aromatic carbocycles. The van der Waals surface area contributed by atoms with E-state index in [2.05, 4.69) is 36.5 Å². The van der Waals surface area contributed by atoms with E-state index in [1.165, 1.54) is 5.56 Å². The minimum atomic E-state index is -0.254. The van der Waals surface area contributed by atoms with Gasteiger partial charge in [0.1, 0.15) is 17.4 Å². The third-order valence-corrected chi connectivity index (χ3v) is 6.63. The Morgan fingerprint density at radius 2 is 2.06 bits per heavy atom. The minimum absolute atomic E-state index is 0.254. The van der Waals surface area contributed by atoms with Crippen molar-refractivity contribution in [3.8, 4) is 5.75 Å². The van der Waals surface area contributed by atoms with Crippen LogP contribution in [-0.2, 0) is 25.9 Å². The normalized spacial score (nSPS) is 15.1.